The van der Waals surface area contributed by atoms with Crippen LogP contribution in [-0.4, -0.2) is 11.0 Å². The number of nitrogen functional groups attached to an aromatic ring is 1. The molecule has 0 saturated heterocycles. The maximum Gasteiger partial charge on any atom is 0.338 e. The van der Waals surface area contributed by atoms with Crippen LogP contribution in [0.4, 0.5) is 10.1 Å². The zero-order valence-electron chi connectivity index (χ0n) is 9.64. The van der Waals surface area contributed by atoms with E-state index in [0.717, 1.165) is 6.07 Å². The number of ether oxygens (including phenoxy) is 1. The average Bonchev–Trinajstić information content (AvgIpc) is 2.85. The van der Waals surface area contributed by atoms with Gasteiger partial charge in [-0.25, -0.2) is 14.2 Å². The highest BCUT2D eigenvalue weighted by Gasteiger charge is 2.12. The van der Waals surface area contributed by atoms with E-state index >= 15 is 0 Å². The molecule has 0 atom stereocenters. The van der Waals surface area contributed by atoms with Crippen LogP contribution in [0, 0.1) is 12.7 Å². The predicted octanol–water partition coefficient (Wildman–Crippen LogP) is 2.53. The minimum absolute atomic E-state index is 0.0753. The van der Waals surface area contributed by atoms with E-state index in [-0.39, 0.29) is 17.9 Å². The molecule has 2 rings (SSSR count). The predicted molar refractivity (Wildman–Crippen MR) is 66.8 cm³/mol. The number of halogens is 1. The van der Waals surface area contributed by atoms with E-state index in [9.17, 15) is 9.18 Å². The van der Waals surface area contributed by atoms with Gasteiger partial charge in [0.25, 0.3) is 0 Å². The molecule has 0 bridgehead atoms. The Hall–Kier alpha value is -1.95. The Morgan fingerprint density at radius 3 is 2.94 bits per heavy atom. The topological polar surface area (TPSA) is 65.2 Å². The van der Waals surface area contributed by atoms with Crippen molar-refractivity contribution in [1.82, 2.24) is 4.98 Å². The number of rotatable bonds is 3. The summed E-state index contributed by atoms with van der Waals surface area (Å²) in [6.45, 7) is 1.63. The number of hydrogen-bond acceptors (Lipinski definition) is 5. The minimum atomic E-state index is -0.615. The lowest BCUT2D eigenvalue weighted by Crippen LogP contribution is -2.07. The lowest BCUT2D eigenvalue weighted by molar-refractivity contribution is 0.0472. The Labute approximate surface area is 107 Å². The van der Waals surface area contributed by atoms with Gasteiger partial charge in [0.15, 0.2) is 0 Å². The van der Waals surface area contributed by atoms with Crippen LogP contribution in [0.5, 0.6) is 0 Å². The molecule has 2 N–H and O–H groups in total. The molecule has 0 saturated carbocycles. The molecule has 1 heterocycles. The van der Waals surface area contributed by atoms with E-state index in [1.807, 2.05) is 0 Å². The molecular formula is C12H11FN2O2S. The first-order valence-corrected chi connectivity index (χ1v) is 6.07. The van der Waals surface area contributed by atoms with Gasteiger partial charge in [0.2, 0.25) is 0 Å². The van der Waals surface area contributed by atoms with Gasteiger partial charge in [-0.05, 0) is 19.1 Å². The molecule has 0 aliphatic heterocycles. The summed E-state index contributed by atoms with van der Waals surface area (Å²) < 4.78 is 18.4. The smallest absolute Gasteiger partial charge is 0.338 e. The Morgan fingerprint density at radius 2 is 2.33 bits per heavy atom. The molecule has 0 fully saturated rings. The third kappa shape index (κ3) is 2.65. The summed E-state index contributed by atoms with van der Waals surface area (Å²) in [4.78, 5) is 15.7. The van der Waals surface area contributed by atoms with Crippen molar-refractivity contribution in [2.75, 3.05) is 5.73 Å². The molecule has 0 amide bonds. The Balaban J connectivity index is 2.09. The Bertz CT molecular complexity index is 546. The van der Waals surface area contributed by atoms with Gasteiger partial charge in [-0.2, -0.15) is 0 Å². The number of hydrogen-bond donors (Lipinski definition) is 1. The van der Waals surface area contributed by atoms with Gasteiger partial charge < -0.3 is 10.5 Å². The fourth-order valence-electron chi connectivity index (χ4n) is 1.35. The van der Waals surface area contributed by atoms with Crippen LogP contribution in [0.2, 0.25) is 0 Å². The second kappa shape index (κ2) is 5.14. The van der Waals surface area contributed by atoms with Crippen LogP contribution >= 0.6 is 11.3 Å². The van der Waals surface area contributed by atoms with E-state index in [2.05, 4.69) is 4.98 Å². The number of anilines is 1. The van der Waals surface area contributed by atoms with Crippen LogP contribution in [-0.2, 0) is 11.3 Å². The first-order chi connectivity index (χ1) is 8.58. The summed E-state index contributed by atoms with van der Waals surface area (Å²) >= 11 is 1.38. The molecule has 0 aliphatic carbocycles. The fourth-order valence-corrected chi connectivity index (χ4v) is 1.88. The van der Waals surface area contributed by atoms with Crippen LogP contribution in [0.25, 0.3) is 0 Å². The van der Waals surface area contributed by atoms with Crippen molar-refractivity contribution in [1.29, 1.82) is 0 Å². The monoisotopic (exact) mass is 266 g/mol. The lowest BCUT2D eigenvalue weighted by atomic mass is 10.1. The summed E-state index contributed by atoms with van der Waals surface area (Å²) in [5.74, 6) is -1.13. The number of carbonyl (C=O) groups excluding carboxylic acids is 1. The molecule has 0 spiro atoms. The Morgan fingerprint density at radius 1 is 1.56 bits per heavy atom. The molecule has 0 aliphatic rings. The maximum atomic E-state index is 13.4. The van der Waals surface area contributed by atoms with Gasteiger partial charge in [0.1, 0.15) is 17.4 Å². The summed E-state index contributed by atoms with van der Waals surface area (Å²) in [6.07, 6.45) is 1.62. The quantitative estimate of drug-likeness (QED) is 0.685. The van der Waals surface area contributed by atoms with E-state index < -0.39 is 11.8 Å². The number of thiazole rings is 1. The number of carbonyl (C=O) groups is 1. The molecule has 0 radical (unpaired) electrons. The van der Waals surface area contributed by atoms with E-state index in [1.54, 1.807) is 18.5 Å². The SMILES string of the molecule is Cc1c(N)cc(C(=O)OCc2nccs2)cc1F. The van der Waals surface area contributed by atoms with Crippen LogP contribution < -0.4 is 5.73 Å². The highest BCUT2D eigenvalue weighted by Crippen LogP contribution is 2.18. The van der Waals surface area contributed by atoms with Gasteiger partial charge in [0.05, 0.1) is 5.56 Å². The number of esters is 1. The van der Waals surface area contributed by atoms with Crippen molar-refractivity contribution < 1.29 is 13.9 Å². The molecule has 18 heavy (non-hydrogen) atoms. The van der Waals surface area contributed by atoms with Crippen molar-refractivity contribution in [3.8, 4) is 0 Å². The van der Waals surface area contributed by atoms with Crippen molar-refractivity contribution in [2.24, 2.45) is 0 Å². The molecule has 0 unspecified atom stereocenters. The van der Waals surface area contributed by atoms with Gasteiger partial charge in [-0.1, -0.05) is 0 Å². The molecular weight excluding hydrogens is 255 g/mol. The minimum Gasteiger partial charge on any atom is -0.455 e. The number of nitrogens with zero attached hydrogens (tertiary/aromatic N) is 1. The zero-order valence-corrected chi connectivity index (χ0v) is 10.5. The molecule has 94 valence electrons. The average molecular weight is 266 g/mol. The molecule has 2 aromatic rings. The summed E-state index contributed by atoms with van der Waals surface area (Å²) in [6, 6.07) is 2.53. The Kier molecular flexibility index (Phi) is 3.57. The molecule has 1 aromatic carbocycles. The number of nitrogens with two attached hydrogens (primary N) is 1. The van der Waals surface area contributed by atoms with Gasteiger partial charge in [-0.15, -0.1) is 11.3 Å². The third-order valence-corrected chi connectivity index (χ3v) is 3.18. The standard InChI is InChI=1S/C12H11FN2O2S/c1-7-9(13)4-8(5-10(7)14)12(16)17-6-11-15-2-3-18-11/h2-5H,6,14H2,1H3. The lowest BCUT2D eigenvalue weighted by Gasteiger charge is -2.06. The molecule has 1 aromatic heterocycles. The van der Waals surface area contributed by atoms with Crippen LogP contribution in [0.15, 0.2) is 23.7 Å². The summed E-state index contributed by atoms with van der Waals surface area (Å²) in [7, 11) is 0. The van der Waals surface area contributed by atoms with Crippen LogP contribution in [0.1, 0.15) is 20.9 Å². The zero-order chi connectivity index (χ0) is 13.1. The van der Waals surface area contributed by atoms with Crippen molar-refractivity contribution in [3.63, 3.8) is 0 Å². The fraction of sp³-hybridized carbons (Fsp3) is 0.167. The van der Waals surface area contributed by atoms with E-state index in [4.69, 9.17) is 10.5 Å². The number of aromatic nitrogens is 1. The van der Waals surface area contributed by atoms with Crippen molar-refractivity contribution in [3.05, 3.63) is 45.7 Å². The number of benzene rings is 1. The summed E-state index contributed by atoms with van der Waals surface area (Å²) in [5.41, 5.74) is 6.25. The molecule has 4 nitrogen and oxygen atoms in total. The first kappa shape index (κ1) is 12.5. The molecule has 6 heteroatoms. The van der Waals surface area contributed by atoms with Gasteiger partial charge >= 0.3 is 5.97 Å². The second-order valence-corrected chi connectivity index (χ2v) is 4.65. The highest BCUT2D eigenvalue weighted by molar-refractivity contribution is 7.09. The van der Waals surface area contributed by atoms with Crippen molar-refractivity contribution >= 4 is 23.0 Å². The maximum absolute atomic E-state index is 13.4. The van der Waals surface area contributed by atoms with Crippen molar-refractivity contribution in [2.45, 2.75) is 13.5 Å². The van der Waals surface area contributed by atoms with Crippen LogP contribution in [0.3, 0.4) is 0 Å². The van der Waals surface area contributed by atoms with E-state index in [0.29, 0.717) is 10.6 Å². The largest absolute Gasteiger partial charge is 0.455 e. The van der Waals surface area contributed by atoms with Gasteiger partial charge in [0, 0.05) is 22.8 Å². The highest BCUT2D eigenvalue weighted by atomic mass is 32.1. The summed E-state index contributed by atoms with van der Waals surface area (Å²) in [5, 5.41) is 2.47. The van der Waals surface area contributed by atoms with Gasteiger partial charge in [-0.3, -0.25) is 0 Å². The third-order valence-electron chi connectivity index (χ3n) is 2.43. The normalized spacial score (nSPS) is 10.3. The first-order valence-electron chi connectivity index (χ1n) is 5.19. The second-order valence-electron chi connectivity index (χ2n) is 3.67. The van der Waals surface area contributed by atoms with E-state index in [1.165, 1.54) is 17.4 Å².